The molecule has 0 spiro atoms. The highest BCUT2D eigenvalue weighted by atomic mass is 16.3. The van der Waals surface area contributed by atoms with Gasteiger partial charge in [-0.15, -0.1) is 0 Å². The molecule has 3 nitrogen and oxygen atoms in total. The fourth-order valence-electron chi connectivity index (χ4n) is 2.15. The highest BCUT2D eigenvalue weighted by Crippen LogP contribution is 2.27. The molecule has 96 valence electrons. The van der Waals surface area contributed by atoms with Gasteiger partial charge in [0.25, 0.3) is 0 Å². The predicted octanol–water partition coefficient (Wildman–Crippen LogP) is 3.01. The second-order valence-corrected chi connectivity index (χ2v) is 4.55. The maximum atomic E-state index is 5.79. The van der Waals surface area contributed by atoms with Crippen molar-refractivity contribution >= 4 is 0 Å². The summed E-state index contributed by atoms with van der Waals surface area (Å²) in [6, 6.07) is 10.1. The van der Waals surface area contributed by atoms with Gasteiger partial charge < -0.3 is 4.42 Å². The summed E-state index contributed by atoms with van der Waals surface area (Å²) in [6.07, 6.45) is 0.893. The molecule has 0 radical (unpaired) electrons. The van der Waals surface area contributed by atoms with Gasteiger partial charge in [0.15, 0.2) is 0 Å². The first-order chi connectivity index (χ1) is 8.67. The lowest BCUT2D eigenvalue weighted by Gasteiger charge is -2.17. The van der Waals surface area contributed by atoms with Crippen molar-refractivity contribution in [3.63, 3.8) is 0 Å². The Labute approximate surface area is 108 Å². The van der Waals surface area contributed by atoms with Crippen LogP contribution in [-0.2, 0) is 6.42 Å². The largest absolute Gasteiger partial charge is 0.464 e. The van der Waals surface area contributed by atoms with Crippen LogP contribution in [0.25, 0.3) is 0 Å². The summed E-state index contributed by atoms with van der Waals surface area (Å²) in [4.78, 5) is 0. The van der Waals surface area contributed by atoms with E-state index in [1.165, 1.54) is 11.1 Å². The average Bonchev–Trinajstić information content (AvgIpc) is 2.84. The molecule has 0 fully saturated rings. The molecule has 0 saturated carbocycles. The SMILES string of the molecule is CCc1ccc(C(NN)c2cccc(C)c2C)o1. The van der Waals surface area contributed by atoms with Crippen LogP contribution in [0.5, 0.6) is 0 Å². The van der Waals surface area contributed by atoms with Crippen molar-refractivity contribution in [2.45, 2.75) is 33.2 Å². The summed E-state index contributed by atoms with van der Waals surface area (Å²) in [5.41, 5.74) is 6.51. The normalized spacial score (nSPS) is 12.7. The minimum Gasteiger partial charge on any atom is -0.464 e. The number of hydrogen-bond acceptors (Lipinski definition) is 3. The van der Waals surface area contributed by atoms with E-state index in [1.807, 2.05) is 18.2 Å². The highest BCUT2D eigenvalue weighted by Gasteiger charge is 2.18. The molecular weight excluding hydrogens is 224 g/mol. The lowest BCUT2D eigenvalue weighted by atomic mass is 9.96. The second kappa shape index (κ2) is 5.38. The molecule has 1 aromatic carbocycles. The Morgan fingerprint density at radius 1 is 1.22 bits per heavy atom. The van der Waals surface area contributed by atoms with Gasteiger partial charge in [0.05, 0.1) is 0 Å². The number of nitrogens with one attached hydrogen (secondary N) is 1. The van der Waals surface area contributed by atoms with Crippen molar-refractivity contribution in [1.29, 1.82) is 0 Å². The van der Waals surface area contributed by atoms with Gasteiger partial charge >= 0.3 is 0 Å². The summed E-state index contributed by atoms with van der Waals surface area (Å²) >= 11 is 0. The summed E-state index contributed by atoms with van der Waals surface area (Å²) in [5, 5.41) is 0. The zero-order valence-corrected chi connectivity index (χ0v) is 11.2. The van der Waals surface area contributed by atoms with Gasteiger partial charge in [-0.05, 0) is 42.7 Å². The minimum absolute atomic E-state index is 0.0924. The fourth-order valence-corrected chi connectivity index (χ4v) is 2.15. The Kier molecular flexibility index (Phi) is 3.84. The highest BCUT2D eigenvalue weighted by molar-refractivity contribution is 5.38. The average molecular weight is 244 g/mol. The number of hydrazine groups is 1. The van der Waals surface area contributed by atoms with Crippen molar-refractivity contribution in [2.75, 3.05) is 0 Å². The Morgan fingerprint density at radius 3 is 2.61 bits per heavy atom. The number of nitrogens with two attached hydrogens (primary N) is 1. The van der Waals surface area contributed by atoms with Gasteiger partial charge in [0, 0.05) is 6.42 Å². The van der Waals surface area contributed by atoms with Crippen LogP contribution in [0.3, 0.4) is 0 Å². The van der Waals surface area contributed by atoms with Crippen molar-refractivity contribution in [3.05, 3.63) is 58.5 Å². The third-order valence-electron chi connectivity index (χ3n) is 3.44. The standard InChI is InChI=1S/C15H20N2O/c1-4-12-8-9-14(18-12)15(17-16)13-7-5-6-10(2)11(13)3/h5-9,15,17H,4,16H2,1-3H3. The van der Waals surface area contributed by atoms with Gasteiger partial charge in [-0.1, -0.05) is 25.1 Å². The smallest absolute Gasteiger partial charge is 0.126 e. The molecule has 2 rings (SSSR count). The van der Waals surface area contributed by atoms with E-state index in [2.05, 4.69) is 38.3 Å². The zero-order valence-electron chi connectivity index (χ0n) is 11.2. The summed E-state index contributed by atoms with van der Waals surface area (Å²) in [6.45, 7) is 6.29. The molecule has 18 heavy (non-hydrogen) atoms. The van der Waals surface area contributed by atoms with E-state index < -0.39 is 0 Å². The van der Waals surface area contributed by atoms with Crippen LogP contribution in [0.2, 0.25) is 0 Å². The van der Waals surface area contributed by atoms with Crippen molar-refractivity contribution in [3.8, 4) is 0 Å². The molecule has 0 aliphatic heterocycles. The molecule has 2 aromatic rings. The number of rotatable bonds is 4. The first-order valence-corrected chi connectivity index (χ1v) is 6.28. The summed E-state index contributed by atoms with van der Waals surface area (Å²) in [7, 11) is 0. The first-order valence-electron chi connectivity index (χ1n) is 6.28. The quantitative estimate of drug-likeness (QED) is 0.642. The third kappa shape index (κ3) is 2.33. The summed E-state index contributed by atoms with van der Waals surface area (Å²) < 4.78 is 5.79. The van der Waals surface area contributed by atoms with Gasteiger partial charge in [0.2, 0.25) is 0 Å². The second-order valence-electron chi connectivity index (χ2n) is 4.55. The van der Waals surface area contributed by atoms with Gasteiger partial charge in [-0.3, -0.25) is 5.84 Å². The van der Waals surface area contributed by atoms with E-state index in [0.29, 0.717) is 0 Å². The van der Waals surface area contributed by atoms with E-state index in [1.54, 1.807) is 0 Å². The van der Waals surface area contributed by atoms with Crippen LogP contribution in [0.4, 0.5) is 0 Å². The molecule has 3 N–H and O–H groups in total. The van der Waals surface area contributed by atoms with E-state index in [-0.39, 0.29) is 6.04 Å². The van der Waals surface area contributed by atoms with E-state index >= 15 is 0 Å². The summed E-state index contributed by atoms with van der Waals surface area (Å²) in [5.74, 6) is 7.54. The van der Waals surface area contributed by atoms with E-state index in [0.717, 1.165) is 23.5 Å². The lowest BCUT2D eigenvalue weighted by Crippen LogP contribution is -2.29. The fraction of sp³-hybridized carbons (Fsp3) is 0.333. The van der Waals surface area contributed by atoms with Gasteiger partial charge in [-0.25, -0.2) is 5.43 Å². The maximum absolute atomic E-state index is 5.79. The van der Waals surface area contributed by atoms with Crippen molar-refractivity contribution in [2.24, 2.45) is 5.84 Å². The van der Waals surface area contributed by atoms with E-state index in [9.17, 15) is 0 Å². The van der Waals surface area contributed by atoms with Crippen molar-refractivity contribution < 1.29 is 4.42 Å². The van der Waals surface area contributed by atoms with Gasteiger partial charge in [-0.2, -0.15) is 0 Å². The zero-order chi connectivity index (χ0) is 13.1. The van der Waals surface area contributed by atoms with Crippen molar-refractivity contribution in [1.82, 2.24) is 5.43 Å². The Morgan fingerprint density at radius 2 is 2.00 bits per heavy atom. The van der Waals surface area contributed by atoms with Crippen LogP contribution < -0.4 is 11.3 Å². The third-order valence-corrected chi connectivity index (χ3v) is 3.44. The predicted molar refractivity (Wildman–Crippen MR) is 73.2 cm³/mol. The van der Waals surface area contributed by atoms with Crippen LogP contribution in [-0.4, -0.2) is 0 Å². The molecule has 0 amide bonds. The minimum atomic E-state index is -0.0924. The molecule has 3 heteroatoms. The Balaban J connectivity index is 2.41. The topological polar surface area (TPSA) is 51.2 Å². The number of furan rings is 1. The number of benzene rings is 1. The van der Waals surface area contributed by atoms with E-state index in [4.69, 9.17) is 10.3 Å². The molecule has 0 aliphatic carbocycles. The van der Waals surface area contributed by atoms with Crippen LogP contribution in [0.15, 0.2) is 34.7 Å². The lowest BCUT2D eigenvalue weighted by molar-refractivity contribution is 0.425. The molecule has 0 bridgehead atoms. The number of hydrogen-bond donors (Lipinski definition) is 2. The van der Waals surface area contributed by atoms with Crippen LogP contribution >= 0.6 is 0 Å². The molecule has 1 atom stereocenters. The molecular formula is C15H20N2O. The molecule has 0 aliphatic rings. The number of aryl methyl sites for hydroxylation is 2. The molecule has 1 heterocycles. The Bertz CT molecular complexity index is 531. The Hall–Kier alpha value is -1.58. The van der Waals surface area contributed by atoms with Crippen LogP contribution in [0, 0.1) is 13.8 Å². The van der Waals surface area contributed by atoms with Gasteiger partial charge in [0.1, 0.15) is 17.6 Å². The van der Waals surface area contributed by atoms with Crippen LogP contribution in [0.1, 0.15) is 41.2 Å². The molecule has 0 saturated heterocycles. The molecule has 1 aromatic heterocycles. The monoisotopic (exact) mass is 244 g/mol. The molecule has 1 unspecified atom stereocenters. The first kappa shape index (κ1) is 12.9. The maximum Gasteiger partial charge on any atom is 0.126 e.